The number of carbonyl (C=O) groups is 2. The van der Waals surface area contributed by atoms with Crippen molar-refractivity contribution in [3.05, 3.63) is 94.4 Å². The zero-order chi connectivity index (χ0) is 27.8. The lowest BCUT2D eigenvalue weighted by Gasteiger charge is -2.14. The van der Waals surface area contributed by atoms with E-state index in [0.717, 1.165) is 35.5 Å². The predicted molar refractivity (Wildman–Crippen MR) is 155 cm³/mol. The zero-order valence-corrected chi connectivity index (χ0v) is 23.1. The molecule has 1 amide bonds. The number of amides is 1. The van der Waals surface area contributed by atoms with Gasteiger partial charge in [0.05, 0.1) is 23.1 Å². The molecular formula is C31H32N2O5S. The maximum Gasteiger partial charge on any atom is 0.307 e. The number of amidine groups is 1. The van der Waals surface area contributed by atoms with Crippen LogP contribution in [0.5, 0.6) is 11.5 Å². The molecule has 1 fully saturated rings. The highest BCUT2D eigenvalue weighted by Crippen LogP contribution is 2.33. The molecule has 202 valence electrons. The van der Waals surface area contributed by atoms with Gasteiger partial charge in [-0.2, -0.15) is 0 Å². The first kappa shape index (κ1) is 28.0. The Balaban J connectivity index is 1.34. The number of hydrogen-bond donors (Lipinski definition) is 1. The Morgan fingerprint density at radius 1 is 1.00 bits per heavy atom. The van der Waals surface area contributed by atoms with Gasteiger partial charge in [-0.3, -0.25) is 14.5 Å². The number of benzene rings is 3. The van der Waals surface area contributed by atoms with Crippen LogP contribution in [0.15, 0.2) is 82.7 Å². The van der Waals surface area contributed by atoms with E-state index in [1.54, 1.807) is 31.3 Å². The Bertz CT molecular complexity index is 1350. The molecule has 0 aromatic heterocycles. The number of aliphatic carboxylic acids is 1. The first-order valence-corrected chi connectivity index (χ1v) is 13.7. The number of aliphatic imine (C=N–C) groups is 1. The highest BCUT2D eigenvalue weighted by molar-refractivity contribution is 8.18. The van der Waals surface area contributed by atoms with E-state index >= 15 is 0 Å². The van der Waals surface area contributed by atoms with Gasteiger partial charge in [-0.15, -0.1) is 0 Å². The number of thioether (sulfide) groups is 1. The van der Waals surface area contributed by atoms with Crippen LogP contribution in [0.3, 0.4) is 0 Å². The summed E-state index contributed by atoms with van der Waals surface area (Å²) in [5.41, 5.74) is 3.29. The van der Waals surface area contributed by atoms with E-state index in [9.17, 15) is 9.59 Å². The van der Waals surface area contributed by atoms with Crippen LogP contribution in [0.4, 0.5) is 5.69 Å². The Morgan fingerprint density at radius 3 is 2.28 bits per heavy atom. The molecule has 0 bridgehead atoms. The third-order valence-corrected chi connectivity index (χ3v) is 7.12. The summed E-state index contributed by atoms with van der Waals surface area (Å²) in [6.07, 6.45) is 4.12. The fraction of sp³-hybridized carbons (Fsp3) is 0.258. The van der Waals surface area contributed by atoms with Crippen molar-refractivity contribution >= 4 is 40.6 Å². The topological polar surface area (TPSA) is 88.4 Å². The van der Waals surface area contributed by atoms with Gasteiger partial charge in [0.25, 0.3) is 5.91 Å². The maximum atomic E-state index is 12.8. The molecule has 1 N–H and O–H groups in total. The van der Waals surface area contributed by atoms with Gasteiger partial charge in [0.1, 0.15) is 18.1 Å². The normalized spacial score (nSPS) is 16.1. The SMILES string of the molecule is CCCC(C)Oc1ccc(COc2ccc(C=C3SC(=Nc4ccc(CC(=O)O)cc4)N(C)C3=O)cc2)cc1. The maximum absolute atomic E-state index is 12.8. The van der Waals surface area contributed by atoms with E-state index in [-0.39, 0.29) is 18.4 Å². The lowest BCUT2D eigenvalue weighted by atomic mass is 10.1. The largest absolute Gasteiger partial charge is 0.491 e. The van der Waals surface area contributed by atoms with Gasteiger partial charge in [-0.25, -0.2) is 4.99 Å². The highest BCUT2D eigenvalue weighted by atomic mass is 32.2. The zero-order valence-electron chi connectivity index (χ0n) is 22.3. The van der Waals surface area contributed by atoms with E-state index in [0.29, 0.717) is 27.9 Å². The molecule has 3 aromatic rings. The van der Waals surface area contributed by atoms with Crippen molar-refractivity contribution in [1.29, 1.82) is 0 Å². The summed E-state index contributed by atoms with van der Waals surface area (Å²) in [7, 11) is 1.69. The molecule has 39 heavy (non-hydrogen) atoms. The van der Waals surface area contributed by atoms with E-state index in [4.69, 9.17) is 14.6 Å². The molecule has 1 saturated heterocycles. The minimum atomic E-state index is -0.881. The molecular weight excluding hydrogens is 512 g/mol. The Morgan fingerprint density at radius 2 is 1.64 bits per heavy atom. The van der Waals surface area contributed by atoms with Crippen LogP contribution in [-0.2, 0) is 22.6 Å². The molecule has 0 radical (unpaired) electrons. The van der Waals surface area contributed by atoms with Gasteiger partial charge in [-0.05, 0) is 84.3 Å². The molecule has 8 heteroatoms. The van der Waals surface area contributed by atoms with E-state index < -0.39 is 5.97 Å². The van der Waals surface area contributed by atoms with Gasteiger partial charge in [-0.1, -0.05) is 49.7 Å². The Kier molecular flexibility index (Phi) is 9.44. The van der Waals surface area contributed by atoms with Crippen molar-refractivity contribution < 1.29 is 24.2 Å². The molecule has 1 heterocycles. The fourth-order valence-electron chi connectivity index (χ4n) is 3.97. The average Bonchev–Trinajstić information content (AvgIpc) is 3.17. The average molecular weight is 545 g/mol. The molecule has 1 aliphatic heterocycles. The third-order valence-electron chi connectivity index (χ3n) is 6.06. The molecule has 1 aliphatic rings. The fourth-order valence-corrected chi connectivity index (χ4v) is 4.95. The third kappa shape index (κ3) is 7.97. The van der Waals surface area contributed by atoms with E-state index in [1.807, 2.05) is 54.6 Å². The number of ether oxygens (including phenoxy) is 2. The Hall–Kier alpha value is -4.04. The molecule has 1 atom stereocenters. The highest BCUT2D eigenvalue weighted by Gasteiger charge is 2.30. The first-order valence-electron chi connectivity index (χ1n) is 12.9. The minimum absolute atomic E-state index is 0.0399. The second-order valence-electron chi connectivity index (χ2n) is 9.32. The molecule has 3 aromatic carbocycles. The summed E-state index contributed by atoms with van der Waals surface area (Å²) >= 11 is 1.30. The van der Waals surface area contributed by atoms with Crippen LogP contribution in [0, 0.1) is 0 Å². The lowest BCUT2D eigenvalue weighted by molar-refractivity contribution is -0.136. The number of carboxylic acid groups (broad SMARTS) is 1. The van der Waals surface area contributed by atoms with Crippen LogP contribution < -0.4 is 9.47 Å². The van der Waals surface area contributed by atoms with Crippen LogP contribution in [-0.4, -0.2) is 40.2 Å². The molecule has 0 saturated carbocycles. The first-order chi connectivity index (χ1) is 18.8. The number of carboxylic acids is 1. The smallest absolute Gasteiger partial charge is 0.307 e. The summed E-state index contributed by atoms with van der Waals surface area (Å²) < 4.78 is 11.8. The van der Waals surface area contributed by atoms with Gasteiger partial charge >= 0.3 is 5.97 Å². The standard InChI is InChI=1S/C31H32N2O5S/c1-4-5-21(2)38-27-16-10-24(11-17-27)20-37-26-14-8-22(9-15-26)18-28-30(36)33(3)31(39-28)32-25-12-6-23(7-13-25)19-29(34)35/h6-18,21H,4-5,19-20H2,1-3H3,(H,34,35). The minimum Gasteiger partial charge on any atom is -0.491 e. The number of likely N-dealkylation sites (N-methyl/N-ethyl adjacent to an activating group) is 1. The predicted octanol–water partition coefficient (Wildman–Crippen LogP) is 6.69. The van der Waals surface area contributed by atoms with Crippen LogP contribution in [0.25, 0.3) is 6.08 Å². The quantitative estimate of drug-likeness (QED) is 0.271. The summed E-state index contributed by atoms with van der Waals surface area (Å²) in [5.74, 6) is 0.598. The summed E-state index contributed by atoms with van der Waals surface area (Å²) in [5, 5.41) is 9.48. The second kappa shape index (κ2) is 13.2. The van der Waals surface area contributed by atoms with Crippen molar-refractivity contribution in [2.24, 2.45) is 4.99 Å². The van der Waals surface area contributed by atoms with Crippen LogP contribution in [0.2, 0.25) is 0 Å². The molecule has 7 nitrogen and oxygen atoms in total. The second-order valence-corrected chi connectivity index (χ2v) is 10.3. The van der Waals surface area contributed by atoms with Crippen molar-refractivity contribution in [2.45, 2.75) is 45.8 Å². The molecule has 1 unspecified atom stereocenters. The summed E-state index contributed by atoms with van der Waals surface area (Å²) in [4.78, 5) is 30.3. The van der Waals surface area contributed by atoms with Gasteiger partial charge < -0.3 is 14.6 Å². The number of rotatable bonds is 11. The van der Waals surface area contributed by atoms with Gasteiger partial charge in [0, 0.05) is 7.05 Å². The molecule has 0 spiro atoms. The van der Waals surface area contributed by atoms with Crippen molar-refractivity contribution in [1.82, 2.24) is 4.90 Å². The van der Waals surface area contributed by atoms with Gasteiger partial charge in [0.2, 0.25) is 0 Å². The number of hydrogen-bond acceptors (Lipinski definition) is 6. The van der Waals surface area contributed by atoms with E-state index in [2.05, 4.69) is 18.8 Å². The molecule has 0 aliphatic carbocycles. The Labute approximate surface area is 233 Å². The van der Waals surface area contributed by atoms with Gasteiger partial charge in [0.15, 0.2) is 5.17 Å². The number of carbonyl (C=O) groups excluding carboxylic acids is 1. The summed E-state index contributed by atoms with van der Waals surface area (Å²) in [6, 6.07) is 22.5. The lowest BCUT2D eigenvalue weighted by Crippen LogP contribution is -2.23. The summed E-state index contributed by atoms with van der Waals surface area (Å²) in [6.45, 7) is 4.68. The van der Waals surface area contributed by atoms with E-state index in [1.165, 1.54) is 16.7 Å². The monoisotopic (exact) mass is 544 g/mol. The van der Waals surface area contributed by atoms with Crippen LogP contribution in [0.1, 0.15) is 43.4 Å². The van der Waals surface area contributed by atoms with Crippen molar-refractivity contribution in [3.8, 4) is 11.5 Å². The molecule has 4 rings (SSSR count). The van der Waals surface area contributed by atoms with Crippen molar-refractivity contribution in [3.63, 3.8) is 0 Å². The van der Waals surface area contributed by atoms with Crippen molar-refractivity contribution in [2.75, 3.05) is 7.05 Å². The number of nitrogens with zero attached hydrogens (tertiary/aromatic N) is 2. The van der Waals surface area contributed by atoms with Crippen LogP contribution >= 0.6 is 11.8 Å².